The van der Waals surface area contributed by atoms with Gasteiger partial charge in [0.2, 0.25) is 0 Å². The van der Waals surface area contributed by atoms with Crippen molar-refractivity contribution >= 4 is 33.3 Å². The molecule has 2 aliphatic rings. The molecule has 2 aliphatic carbocycles. The molecule has 0 bridgehead atoms. The molecular weight excluding hydrogens is 380 g/mol. The number of para-hydroxylation sites is 2. The maximum Gasteiger partial charge on any atom is 0.0481 e. The number of hydrogen-bond donors (Lipinski definition) is 0. The lowest BCUT2D eigenvalue weighted by atomic mass is 9.95. The van der Waals surface area contributed by atoms with Gasteiger partial charge in [-0.25, -0.2) is 0 Å². The minimum Gasteiger partial charge on any atom is -0.303 e. The zero-order valence-electron chi connectivity index (χ0n) is 16.7. The number of benzene rings is 2. The molecule has 0 aromatic heterocycles. The second-order valence-electron chi connectivity index (χ2n) is 8.06. The van der Waals surface area contributed by atoms with Crippen molar-refractivity contribution in [1.29, 1.82) is 0 Å². The van der Waals surface area contributed by atoms with Crippen LogP contribution in [0.4, 0.5) is 11.4 Å². The van der Waals surface area contributed by atoms with Crippen molar-refractivity contribution in [1.82, 2.24) is 0 Å². The molecule has 0 atom stereocenters. The quantitative estimate of drug-likeness (QED) is 0.337. The molecule has 0 heterocycles. The minimum absolute atomic E-state index is 0.651. The highest BCUT2D eigenvalue weighted by Crippen LogP contribution is 2.43. The molecule has 0 saturated heterocycles. The summed E-state index contributed by atoms with van der Waals surface area (Å²) in [5.41, 5.74) is 2.70. The van der Waals surface area contributed by atoms with E-state index in [-0.39, 0.29) is 0 Å². The number of anilines is 2. The first-order chi connectivity index (χ1) is 13.9. The maximum absolute atomic E-state index is 2.60. The second-order valence-corrected chi connectivity index (χ2v) is 10.0. The average molecular weight is 413 g/mol. The molecule has 0 amide bonds. The van der Waals surface area contributed by atoms with Gasteiger partial charge in [0, 0.05) is 45.4 Å². The van der Waals surface area contributed by atoms with E-state index in [1.807, 2.05) is 22.0 Å². The van der Waals surface area contributed by atoms with Crippen LogP contribution in [-0.2, 0) is 0 Å². The fourth-order valence-electron chi connectivity index (χ4n) is 4.48. The third-order valence-corrected chi connectivity index (χ3v) is 8.60. The van der Waals surface area contributed by atoms with Crippen LogP contribution in [0.1, 0.15) is 64.2 Å². The molecule has 4 rings (SSSR count). The maximum atomic E-state index is 2.60. The molecule has 0 aliphatic heterocycles. The van der Waals surface area contributed by atoms with Gasteiger partial charge < -0.3 is 8.61 Å². The van der Waals surface area contributed by atoms with Crippen LogP contribution in [0, 0.1) is 0 Å². The van der Waals surface area contributed by atoms with Crippen molar-refractivity contribution in [2.45, 2.75) is 76.3 Å². The van der Waals surface area contributed by atoms with Gasteiger partial charge in [-0.15, -0.1) is 0 Å². The molecule has 4 heteroatoms. The van der Waals surface area contributed by atoms with Crippen LogP contribution in [0.3, 0.4) is 0 Å². The third-order valence-electron chi connectivity index (χ3n) is 6.03. The summed E-state index contributed by atoms with van der Waals surface area (Å²) in [6.07, 6.45) is 13.5. The highest BCUT2D eigenvalue weighted by Gasteiger charge is 2.27. The van der Waals surface area contributed by atoms with Crippen molar-refractivity contribution in [2.24, 2.45) is 0 Å². The first-order valence-electron chi connectivity index (χ1n) is 10.9. The lowest BCUT2D eigenvalue weighted by Crippen LogP contribution is -2.34. The van der Waals surface area contributed by atoms with Crippen LogP contribution in [-0.4, -0.2) is 12.1 Å². The molecule has 2 fully saturated rings. The van der Waals surface area contributed by atoms with E-state index >= 15 is 0 Å². The molecule has 0 N–H and O–H groups in total. The minimum atomic E-state index is 0.651. The molecular formula is C24H32N2S2. The predicted octanol–water partition coefficient (Wildman–Crippen LogP) is 7.88. The van der Waals surface area contributed by atoms with E-state index in [4.69, 9.17) is 0 Å². The van der Waals surface area contributed by atoms with Crippen LogP contribution in [0.2, 0.25) is 0 Å². The van der Waals surface area contributed by atoms with Gasteiger partial charge in [0.15, 0.2) is 0 Å². The van der Waals surface area contributed by atoms with E-state index in [1.165, 1.54) is 75.6 Å². The highest BCUT2D eigenvalue weighted by atomic mass is 33.1. The summed E-state index contributed by atoms with van der Waals surface area (Å²) in [5, 5.41) is 0. The Bertz CT molecular complexity index is 621. The van der Waals surface area contributed by atoms with Crippen LogP contribution >= 0.6 is 22.0 Å². The zero-order chi connectivity index (χ0) is 19.0. The Morgan fingerprint density at radius 2 is 0.857 bits per heavy atom. The Morgan fingerprint density at radius 1 is 0.500 bits per heavy atom. The van der Waals surface area contributed by atoms with Gasteiger partial charge in [-0.05, 0) is 49.9 Å². The molecule has 28 heavy (non-hydrogen) atoms. The highest BCUT2D eigenvalue weighted by molar-refractivity contribution is 8.77. The first kappa shape index (κ1) is 20.0. The Hall–Kier alpha value is -1.26. The monoisotopic (exact) mass is 412 g/mol. The fraction of sp³-hybridized carbons (Fsp3) is 0.500. The molecule has 2 aromatic rings. The Morgan fingerprint density at radius 3 is 1.21 bits per heavy atom. The topological polar surface area (TPSA) is 6.48 Å². The van der Waals surface area contributed by atoms with Gasteiger partial charge >= 0.3 is 0 Å². The Labute approximate surface area is 178 Å². The summed E-state index contributed by atoms with van der Waals surface area (Å²) in [6, 6.07) is 23.3. The molecule has 0 unspecified atom stereocenters. The number of nitrogens with zero attached hydrogens (tertiary/aromatic N) is 2. The number of hydrogen-bond acceptors (Lipinski definition) is 4. The molecule has 150 valence electrons. The van der Waals surface area contributed by atoms with Gasteiger partial charge in [-0.3, -0.25) is 0 Å². The smallest absolute Gasteiger partial charge is 0.0481 e. The zero-order valence-corrected chi connectivity index (χ0v) is 18.3. The van der Waals surface area contributed by atoms with Gasteiger partial charge in [0.25, 0.3) is 0 Å². The normalized spacial score (nSPS) is 18.7. The molecule has 2 saturated carbocycles. The third kappa shape index (κ3) is 5.21. The lowest BCUT2D eigenvalue weighted by Gasteiger charge is -2.38. The van der Waals surface area contributed by atoms with Gasteiger partial charge in [-0.2, -0.15) is 0 Å². The predicted molar refractivity (Wildman–Crippen MR) is 127 cm³/mol. The van der Waals surface area contributed by atoms with Crippen molar-refractivity contribution in [3.05, 3.63) is 60.7 Å². The summed E-state index contributed by atoms with van der Waals surface area (Å²) in [4.78, 5) is 0. The average Bonchev–Trinajstić information content (AvgIpc) is 2.79. The van der Waals surface area contributed by atoms with Crippen LogP contribution < -0.4 is 8.61 Å². The van der Waals surface area contributed by atoms with Crippen LogP contribution in [0.15, 0.2) is 60.7 Å². The summed E-state index contributed by atoms with van der Waals surface area (Å²) < 4.78 is 5.20. The first-order valence-corrected chi connectivity index (χ1v) is 13.0. The molecule has 2 nitrogen and oxygen atoms in total. The summed E-state index contributed by atoms with van der Waals surface area (Å²) in [5.74, 6) is 0. The Kier molecular flexibility index (Phi) is 7.51. The molecule has 0 spiro atoms. The van der Waals surface area contributed by atoms with Crippen molar-refractivity contribution in [2.75, 3.05) is 8.61 Å². The van der Waals surface area contributed by atoms with Crippen molar-refractivity contribution < 1.29 is 0 Å². The summed E-state index contributed by atoms with van der Waals surface area (Å²) >= 11 is 0. The van der Waals surface area contributed by atoms with E-state index in [9.17, 15) is 0 Å². The molecule has 0 radical (unpaired) electrons. The van der Waals surface area contributed by atoms with Crippen molar-refractivity contribution in [3.8, 4) is 0 Å². The van der Waals surface area contributed by atoms with Gasteiger partial charge in [0.05, 0.1) is 0 Å². The summed E-state index contributed by atoms with van der Waals surface area (Å²) in [6.45, 7) is 0. The van der Waals surface area contributed by atoms with E-state index in [0.717, 1.165) is 0 Å². The van der Waals surface area contributed by atoms with E-state index in [2.05, 4.69) is 69.3 Å². The van der Waals surface area contributed by atoms with Crippen molar-refractivity contribution in [3.63, 3.8) is 0 Å². The fourth-order valence-corrected chi connectivity index (χ4v) is 7.38. The molecule has 2 aromatic carbocycles. The number of rotatable bonds is 7. The second kappa shape index (κ2) is 10.5. The van der Waals surface area contributed by atoms with Gasteiger partial charge in [-0.1, -0.05) is 74.9 Å². The standard InChI is InChI=1S/C24H32N2S2/c1-5-13-21(14-6-1)25(22-15-7-2-8-16-22)27-28-26(23-17-9-3-10-18-23)24-19-11-4-12-20-24/h1,3,5-6,9-10,13-14,17-18,22,24H,2,4,7-8,11-12,15-16,19-20H2. The van der Waals surface area contributed by atoms with Gasteiger partial charge in [0.1, 0.15) is 0 Å². The summed E-state index contributed by atoms with van der Waals surface area (Å²) in [7, 11) is 3.91. The van der Waals surface area contributed by atoms with Crippen LogP contribution in [0.5, 0.6) is 0 Å². The SMILES string of the molecule is c1ccc(N(SSN(c2ccccc2)C2CCCCC2)C2CCCCC2)cc1. The van der Waals surface area contributed by atoms with E-state index < -0.39 is 0 Å². The van der Waals surface area contributed by atoms with Crippen LogP contribution in [0.25, 0.3) is 0 Å². The van der Waals surface area contributed by atoms with E-state index in [1.54, 1.807) is 0 Å². The van der Waals surface area contributed by atoms with E-state index in [0.29, 0.717) is 12.1 Å². The lowest BCUT2D eigenvalue weighted by molar-refractivity contribution is 0.446. The largest absolute Gasteiger partial charge is 0.303 e. The Balaban J connectivity index is 1.52.